The number of anilines is 1. The van der Waals surface area contributed by atoms with E-state index in [0.717, 1.165) is 15.9 Å². The summed E-state index contributed by atoms with van der Waals surface area (Å²) in [5.41, 5.74) is 2.32. The molecular formula is C13H10BrN3O. The lowest BCUT2D eigenvalue weighted by atomic mass is 10.2. The summed E-state index contributed by atoms with van der Waals surface area (Å²) in [4.78, 5) is 4.08. The van der Waals surface area contributed by atoms with Crippen LogP contribution in [0.2, 0.25) is 0 Å². The molecule has 18 heavy (non-hydrogen) atoms. The molecule has 0 radical (unpaired) electrons. The molecule has 90 valence electrons. The quantitative estimate of drug-likeness (QED) is 0.914. The fourth-order valence-electron chi connectivity index (χ4n) is 1.44. The highest BCUT2D eigenvalue weighted by Crippen LogP contribution is 2.23. The summed E-state index contributed by atoms with van der Waals surface area (Å²) in [6.07, 6.45) is 1.41. The second-order valence-electron chi connectivity index (χ2n) is 3.67. The predicted octanol–water partition coefficient (Wildman–Crippen LogP) is 3.03. The Morgan fingerprint density at radius 2 is 2.17 bits per heavy atom. The van der Waals surface area contributed by atoms with Crippen molar-refractivity contribution in [2.45, 2.75) is 6.54 Å². The second-order valence-corrected chi connectivity index (χ2v) is 4.52. The molecular weight excluding hydrogens is 294 g/mol. The van der Waals surface area contributed by atoms with Gasteiger partial charge in [0.1, 0.15) is 5.75 Å². The first-order valence-electron chi connectivity index (χ1n) is 5.26. The first-order valence-corrected chi connectivity index (χ1v) is 6.06. The number of hydrogen-bond acceptors (Lipinski definition) is 4. The topological polar surface area (TPSA) is 68.9 Å². The highest BCUT2D eigenvalue weighted by atomic mass is 79.9. The van der Waals surface area contributed by atoms with Gasteiger partial charge in [-0.3, -0.25) is 4.98 Å². The molecule has 0 saturated carbocycles. The van der Waals surface area contributed by atoms with Gasteiger partial charge in [0.15, 0.2) is 0 Å². The lowest BCUT2D eigenvalue weighted by Gasteiger charge is -2.08. The summed E-state index contributed by atoms with van der Waals surface area (Å²) in [5.74, 6) is 0.151. The largest absolute Gasteiger partial charge is 0.506 e. The second kappa shape index (κ2) is 5.52. The van der Waals surface area contributed by atoms with Crippen LogP contribution in [0.25, 0.3) is 0 Å². The van der Waals surface area contributed by atoms with E-state index >= 15 is 0 Å². The van der Waals surface area contributed by atoms with Gasteiger partial charge in [0.05, 0.1) is 30.1 Å². The van der Waals surface area contributed by atoms with Gasteiger partial charge >= 0.3 is 0 Å². The number of halogens is 1. The highest BCUT2D eigenvalue weighted by Gasteiger charge is 2.01. The molecule has 1 aromatic carbocycles. The minimum absolute atomic E-state index is 0.151. The van der Waals surface area contributed by atoms with Crippen LogP contribution in [0.3, 0.4) is 0 Å². The maximum Gasteiger partial charge on any atom is 0.133 e. The van der Waals surface area contributed by atoms with E-state index < -0.39 is 0 Å². The van der Waals surface area contributed by atoms with Crippen molar-refractivity contribution in [2.24, 2.45) is 0 Å². The van der Waals surface area contributed by atoms with Gasteiger partial charge in [-0.1, -0.05) is 0 Å². The van der Waals surface area contributed by atoms with Crippen molar-refractivity contribution in [3.63, 3.8) is 0 Å². The van der Waals surface area contributed by atoms with Crippen LogP contribution in [0, 0.1) is 11.3 Å². The summed E-state index contributed by atoms with van der Waals surface area (Å²) in [6.45, 7) is 0.546. The highest BCUT2D eigenvalue weighted by molar-refractivity contribution is 9.10. The molecule has 2 N–H and O–H groups in total. The van der Waals surface area contributed by atoms with Crippen molar-refractivity contribution in [3.05, 3.63) is 52.3 Å². The summed E-state index contributed by atoms with van der Waals surface area (Å²) in [7, 11) is 0. The molecule has 0 aliphatic rings. The SMILES string of the molecule is N#Cc1ccc(NCc2ccc(O)cn2)c(Br)c1. The minimum Gasteiger partial charge on any atom is -0.506 e. The smallest absolute Gasteiger partial charge is 0.133 e. The monoisotopic (exact) mass is 303 g/mol. The molecule has 0 amide bonds. The number of benzene rings is 1. The number of nitriles is 1. The number of rotatable bonds is 3. The molecule has 0 aliphatic heterocycles. The normalized spacial score (nSPS) is 9.78. The van der Waals surface area contributed by atoms with Crippen LogP contribution in [0.1, 0.15) is 11.3 Å². The molecule has 2 rings (SSSR count). The summed E-state index contributed by atoms with van der Waals surface area (Å²) < 4.78 is 0.834. The number of pyridine rings is 1. The van der Waals surface area contributed by atoms with Crippen LogP contribution >= 0.6 is 15.9 Å². The van der Waals surface area contributed by atoms with Crippen LogP contribution in [-0.2, 0) is 6.54 Å². The molecule has 0 aliphatic carbocycles. The Balaban J connectivity index is 2.06. The molecule has 2 aromatic rings. The Bertz CT molecular complexity index is 590. The van der Waals surface area contributed by atoms with Crippen molar-refractivity contribution in [1.82, 2.24) is 4.98 Å². The number of hydrogen-bond donors (Lipinski definition) is 2. The van der Waals surface area contributed by atoms with Gasteiger partial charge < -0.3 is 10.4 Å². The third-order valence-electron chi connectivity index (χ3n) is 2.37. The molecule has 0 bridgehead atoms. The van der Waals surface area contributed by atoms with Crippen LogP contribution in [-0.4, -0.2) is 10.1 Å². The van der Waals surface area contributed by atoms with Crippen LogP contribution < -0.4 is 5.32 Å². The van der Waals surface area contributed by atoms with E-state index in [4.69, 9.17) is 10.4 Å². The lowest BCUT2D eigenvalue weighted by Crippen LogP contribution is -2.01. The number of aromatic hydroxyl groups is 1. The van der Waals surface area contributed by atoms with Crippen LogP contribution in [0.5, 0.6) is 5.75 Å². The zero-order chi connectivity index (χ0) is 13.0. The van der Waals surface area contributed by atoms with Gasteiger partial charge in [0, 0.05) is 10.2 Å². The lowest BCUT2D eigenvalue weighted by molar-refractivity contribution is 0.472. The van der Waals surface area contributed by atoms with E-state index in [1.54, 1.807) is 24.3 Å². The number of nitrogens with one attached hydrogen (secondary N) is 1. The van der Waals surface area contributed by atoms with E-state index in [9.17, 15) is 0 Å². The van der Waals surface area contributed by atoms with Gasteiger partial charge in [-0.05, 0) is 46.3 Å². The molecule has 5 heteroatoms. The average Bonchev–Trinajstić information content (AvgIpc) is 2.39. The summed E-state index contributed by atoms with van der Waals surface area (Å²) in [6, 6.07) is 10.8. The van der Waals surface area contributed by atoms with Gasteiger partial charge in [-0.15, -0.1) is 0 Å². The molecule has 0 fully saturated rings. The van der Waals surface area contributed by atoms with Crippen molar-refractivity contribution in [3.8, 4) is 11.8 Å². The first-order chi connectivity index (χ1) is 8.69. The average molecular weight is 304 g/mol. The van der Waals surface area contributed by atoms with Crippen LogP contribution in [0.4, 0.5) is 5.69 Å². The van der Waals surface area contributed by atoms with E-state index in [2.05, 4.69) is 32.3 Å². The maximum atomic E-state index is 9.12. The Hall–Kier alpha value is -2.06. The van der Waals surface area contributed by atoms with Crippen LogP contribution in [0.15, 0.2) is 41.0 Å². The zero-order valence-corrected chi connectivity index (χ0v) is 11.0. The Kier molecular flexibility index (Phi) is 3.80. The number of aromatic nitrogens is 1. The van der Waals surface area contributed by atoms with E-state index in [1.807, 2.05) is 6.07 Å². The Labute approximate surface area is 113 Å². The maximum absolute atomic E-state index is 9.12. The minimum atomic E-state index is 0.151. The molecule has 0 atom stereocenters. The van der Waals surface area contributed by atoms with E-state index in [0.29, 0.717) is 12.1 Å². The molecule has 1 heterocycles. The Morgan fingerprint density at radius 1 is 1.33 bits per heavy atom. The van der Waals surface area contributed by atoms with Crippen molar-refractivity contribution in [1.29, 1.82) is 5.26 Å². The van der Waals surface area contributed by atoms with Gasteiger partial charge in [0.2, 0.25) is 0 Å². The first kappa shape index (κ1) is 12.4. The number of nitrogens with zero attached hydrogens (tertiary/aromatic N) is 2. The fourth-order valence-corrected chi connectivity index (χ4v) is 1.95. The van der Waals surface area contributed by atoms with E-state index in [-0.39, 0.29) is 5.75 Å². The molecule has 0 unspecified atom stereocenters. The fraction of sp³-hybridized carbons (Fsp3) is 0.0769. The third kappa shape index (κ3) is 2.99. The third-order valence-corrected chi connectivity index (χ3v) is 3.02. The zero-order valence-electron chi connectivity index (χ0n) is 9.39. The summed E-state index contributed by atoms with van der Waals surface area (Å²) in [5, 5.41) is 21.1. The molecule has 0 spiro atoms. The van der Waals surface area contributed by atoms with Crippen molar-refractivity contribution in [2.75, 3.05) is 5.32 Å². The van der Waals surface area contributed by atoms with Crippen molar-refractivity contribution < 1.29 is 5.11 Å². The van der Waals surface area contributed by atoms with Gasteiger partial charge in [0.25, 0.3) is 0 Å². The molecule has 1 aromatic heterocycles. The standard InChI is InChI=1S/C13H10BrN3O/c14-12-5-9(6-15)1-4-13(12)17-7-10-2-3-11(18)8-16-10/h1-5,8,17-18H,7H2. The predicted molar refractivity (Wildman–Crippen MR) is 72.1 cm³/mol. The summed E-state index contributed by atoms with van der Waals surface area (Å²) >= 11 is 3.40. The van der Waals surface area contributed by atoms with Crippen molar-refractivity contribution >= 4 is 21.6 Å². The van der Waals surface area contributed by atoms with Gasteiger partial charge in [-0.25, -0.2) is 0 Å². The Morgan fingerprint density at radius 3 is 2.78 bits per heavy atom. The van der Waals surface area contributed by atoms with Gasteiger partial charge in [-0.2, -0.15) is 5.26 Å². The van der Waals surface area contributed by atoms with E-state index in [1.165, 1.54) is 6.20 Å². The molecule has 0 saturated heterocycles. The molecule has 4 nitrogen and oxygen atoms in total.